The van der Waals surface area contributed by atoms with Gasteiger partial charge in [0.1, 0.15) is 12.1 Å². The van der Waals surface area contributed by atoms with Crippen molar-refractivity contribution in [3.8, 4) is 11.3 Å². The van der Waals surface area contributed by atoms with Crippen molar-refractivity contribution in [2.75, 3.05) is 18.0 Å². The lowest BCUT2D eigenvalue weighted by molar-refractivity contribution is -0.140. The van der Waals surface area contributed by atoms with E-state index in [0.717, 1.165) is 23.6 Å². The zero-order valence-corrected chi connectivity index (χ0v) is 10.9. The minimum atomic E-state index is -0.732. The van der Waals surface area contributed by atoms with E-state index in [1.54, 1.807) is 0 Å². The number of aromatic nitrogens is 2. The second-order valence-electron chi connectivity index (χ2n) is 4.90. The van der Waals surface area contributed by atoms with E-state index in [1.165, 1.54) is 6.33 Å². The van der Waals surface area contributed by atoms with Crippen LogP contribution in [0, 0.1) is 5.92 Å². The van der Waals surface area contributed by atoms with Crippen molar-refractivity contribution in [2.24, 2.45) is 5.92 Å². The normalized spacial score (nSPS) is 18.2. The van der Waals surface area contributed by atoms with Crippen LogP contribution in [-0.4, -0.2) is 34.1 Å². The lowest BCUT2D eigenvalue weighted by Crippen LogP contribution is -2.23. The van der Waals surface area contributed by atoms with Crippen LogP contribution in [0.25, 0.3) is 11.3 Å². The zero-order chi connectivity index (χ0) is 13.9. The lowest BCUT2D eigenvalue weighted by Gasteiger charge is -2.17. The smallest absolute Gasteiger partial charge is 0.308 e. The third kappa shape index (κ3) is 2.47. The molecule has 0 radical (unpaired) electrons. The number of anilines is 1. The molecule has 0 aliphatic carbocycles. The summed E-state index contributed by atoms with van der Waals surface area (Å²) in [6.45, 7) is 1.24. The number of rotatable bonds is 3. The second-order valence-corrected chi connectivity index (χ2v) is 4.90. The van der Waals surface area contributed by atoms with Gasteiger partial charge in [0.25, 0.3) is 0 Å². The number of hydrogen-bond donors (Lipinski definition) is 1. The van der Waals surface area contributed by atoms with Crippen LogP contribution in [0.5, 0.6) is 0 Å². The number of carbonyl (C=O) groups is 1. The molecule has 20 heavy (non-hydrogen) atoms. The predicted octanol–water partition coefficient (Wildman–Crippen LogP) is 2.05. The van der Waals surface area contributed by atoms with Crippen LogP contribution >= 0.6 is 0 Å². The van der Waals surface area contributed by atoms with E-state index in [4.69, 9.17) is 5.11 Å². The minimum absolute atomic E-state index is 0.301. The first-order valence-electron chi connectivity index (χ1n) is 6.59. The molecule has 5 heteroatoms. The summed E-state index contributed by atoms with van der Waals surface area (Å²) in [6, 6.07) is 11.8. The summed E-state index contributed by atoms with van der Waals surface area (Å²) in [5.41, 5.74) is 1.89. The largest absolute Gasteiger partial charge is 0.481 e. The molecule has 3 rings (SSSR count). The van der Waals surface area contributed by atoms with E-state index in [0.29, 0.717) is 13.0 Å². The van der Waals surface area contributed by atoms with E-state index in [-0.39, 0.29) is 5.92 Å². The Bertz CT molecular complexity index is 616. The van der Waals surface area contributed by atoms with Crippen LogP contribution in [0.3, 0.4) is 0 Å². The Hall–Kier alpha value is -2.43. The van der Waals surface area contributed by atoms with Crippen molar-refractivity contribution in [2.45, 2.75) is 6.42 Å². The summed E-state index contributed by atoms with van der Waals surface area (Å²) in [6.07, 6.45) is 2.20. The fourth-order valence-corrected chi connectivity index (χ4v) is 2.46. The summed E-state index contributed by atoms with van der Waals surface area (Å²) >= 11 is 0. The fraction of sp³-hybridized carbons (Fsp3) is 0.267. The molecule has 1 aromatic carbocycles. The van der Waals surface area contributed by atoms with Gasteiger partial charge in [0.2, 0.25) is 0 Å². The van der Waals surface area contributed by atoms with Gasteiger partial charge in [-0.2, -0.15) is 0 Å². The molecule has 0 spiro atoms. The average Bonchev–Trinajstić information content (AvgIpc) is 2.98. The van der Waals surface area contributed by atoms with Crippen LogP contribution in [0.2, 0.25) is 0 Å². The molecule has 102 valence electrons. The third-order valence-electron chi connectivity index (χ3n) is 3.58. The maximum Gasteiger partial charge on any atom is 0.308 e. The molecule has 1 N–H and O–H groups in total. The van der Waals surface area contributed by atoms with E-state index < -0.39 is 5.97 Å². The Morgan fingerprint density at radius 1 is 1.25 bits per heavy atom. The Balaban J connectivity index is 1.84. The van der Waals surface area contributed by atoms with Gasteiger partial charge in [-0.3, -0.25) is 4.79 Å². The van der Waals surface area contributed by atoms with Gasteiger partial charge in [-0.05, 0) is 6.42 Å². The number of hydrogen-bond acceptors (Lipinski definition) is 4. The van der Waals surface area contributed by atoms with Crippen LogP contribution in [0.1, 0.15) is 6.42 Å². The van der Waals surface area contributed by atoms with Gasteiger partial charge in [-0.1, -0.05) is 30.3 Å². The number of aliphatic carboxylic acids is 1. The van der Waals surface area contributed by atoms with Gasteiger partial charge in [0.15, 0.2) is 0 Å². The van der Waals surface area contributed by atoms with E-state index in [9.17, 15) is 4.79 Å². The van der Waals surface area contributed by atoms with Crippen molar-refractivity contribution < 1.29 is 9.90 Å². The van der Waals surface area contributed by atoms with Crippen molar-refractivity contribution >= 4 is 11.8 Å². The average molecular weight is 269 g/mol. The number of carboxylic acid groups (broad SMARTS) is 1. The van der Waals surface area contributed by atoms with Crippen LogP contribution in [-0.2, 0) is 4.79 Å². The molecule has 0 saturated carbocycles. The third-order valence-corrected chi connectivity index (χ3v) is 3.58. The molecular weight excluding hydrogens is 254 g/mol. The summed E-state index contributed by atoms with van der Waals surface area (Å²) in [4.78, 5) is 21.6. The summed E-state index contributed by atoms with van der Waals surface area (Å²) in [5.74, 6) is -0.238. The first-order valence-corrected chi connectivity index (χ1v) is 6.59. The van der Waals surface area contributed by atoms with Crippen LogP contribution < -0.4 is 4.90 Å². The number of carboxylic acids is 1. The molecule has 0 bridgehead atoms. The quantitative estimate of drug-likeness (QED) is 0.923. The highest BCUT2D eigenvalue weighted by molar-refractivity contribution is 5.72. The van der Waals surface area contributed by atoms with Crippen LogP contribution in [0.4, 0.5) is 5.82 Å². The van der Waals surface area contributed by atoms with Crippen molar-refractivity contribution in [1.29, 1.82) is 0 Å². The van der Waals surface area contributed by atoms with Crippen molar-refractivity contribution in [1.82, 2.24) is 9.97 Å². The number of benzene rings is 1. The highest BCUT2D eigenvalue weighted by Crippen LogP contribution is 2.25. The van der Waals surface area contributed by atoms with Crippen molar-refractivity contribution in [3.63, 3.8) is 0 Å². The van der Waals surface area contributed by atoms with Gasteiger partial charge >= 0.3 is 5.97 Å². The molecule has 1 fully saturated rings. The predicted molar refractivity (Wildman–Crippen MR) is 75.4 cm³/mol. The molecule has 2 heterocycles. The van der Waals surface area contributed by atoms with Gasteiger partial charge in [-0.25, -0.2) is 9.97 Å². The lowest BCUT2D eigenvalue weighted by atomic mass is 10.1. The monoisotopic (exact) mass is 269 g/mol. The molecule has 1 atom stereocenters. The highest BCUT2D eigenvalue weighted by atomic mass is 16.4. The second kappa shape index (κ2) is 5.28. The zero-order valence-electron chi connectivity index (χ0n) is 10.9. The van der Waals surface area contributed by atoms with Gasteiger partial charge in [0.05, 0.1) is 11.6 Å². The molecular formula is C15H15N3O2. The molecule has 1 aliphatic rings. The molecule has 0 amide bonds. The Labute approximate surface area is 116 Å². The summed E-state index contributed by atoms with van der Waals surface area (Å²) in [5, 5.41) is 9.05. The minimum Gasteiger partial charge on any atom is -0.481 e. The van der Waals surface area contributed by atoms with E-state index in [1.807, 2.05) is 41.3 Å². The summed E-state index contributed by atoms with van der Waals surface area (Å²) < 4.78 is 0. The van der Waals surface area contributed by atoms with Gasteiger partial charge in [-0.15, -0.1) is 0 Å². The molecule has 1 saturated heterocycles. The molecule has 1 unspecified atom stereocenters. The first kappa shape index (κ1) is 12.6. The van der Waals surface area contributed by atoms with E-state index in [2.05, 4.69) is 9.97 Å². The molecule has 1 aromatic heterocycles. The Morgan fingerprint density at radius 3 is 2.75 bits per heavy atom. The highest BCUT2D eigenvalue weighted by Gasteiger charge is 2.28. The van der Waals surface area contributed by atoms with Crippen molar-refractivity contribution in [3.05, 3.63) is 42.7 Å². The maximum atomic E-state index is 11.0. The maximum absolute atomic E-state index is 11.0. The molecule has 5 nitrogen and oxygen atoms in total. The van der Waals surface area contributed by atoms with Gasteiger partial charge in [0, 0.05) is 24.7 Å². The topological polar surface area (TPSA) is 66.3 Å². The fourth-order valence-electron chi connectivity index (χ4n) is 2.46. The molecule has 1 aliphatic heterocycles. The summed E-state index contributed by atoms with van der Waals surface area (Å²) in [7, 11) is 0. The van der Waals surface area contributed by atoms with Crippen LogP contribution in [0.15, 0.2) is 42.7 Å². The molecule has 2 aromatic rings. The van der Waals surface area contributed by atoms with E-state index >= 15 is 0 Å². The Kier molecular flexibility index (Phi) is 3.33. The number of nitrogens with zero attached hydrogens (tertiary/aromatic N) is 3. The van der Waals surface area contributed by atoms with Gasteiger partial charge < -0.3 is 10.0 Å². The first-order chi connectivity index (χ1) is 9.74. The standard InChI is InChI=1S/C15H15N3O2/c19-15(20)12-6-7-18(9-12)14-8-13(16-10-17-14)11-4-2-1-3-5-11/h1-5,8,10,12H,6-7,9H2,(H,19,20). The SMILES string of the molecule is O=C(O)C1CCN(c2cc(-c3ccccc3)ncn2)C1. The Morgan fingerprint density at radius 2 is 2.05 bits per heavy atom.